The molecule has 2 rings (SSSR count). The second-order valence-electron chi connectivity index (χ2n) is 2.46. The molecule has 2 saturated heterocycles. The van der Waals surface area contributed by atoms with Crippen molar-refractivity contribution in [1.82, 2.24) is 4.90 Å². The van der Waals surface area contributed by atoms with Crippen molar-refractivity contribution >= 4 is 0 Å². The highest BCUT2D eigenvalue weighted by Gasteiger charge is 2.29. The summed E-state index contributed by atoms with van der Waals surface area (Å²) in [6.07, 6.45) is 1.57. The van der Waals surface area contributed by atoms with Crippen molar-refractivity contribution < 1.29 is 9.47 Å². The number of hydrogen-bond donors (Lipinski definition) is 0. The predicted molar refractivity (Wildman–Crippen MR) is 31.9 cm³/mol. The molecule has 0 radical (unpaired) electrons. The first-order valence-corrected chi connectivity index (χ1v) is 3.40. The Morgan fingerprint density at radius 1 is 1.33 bits per heavy atom. The number of hydrogen-bond acceptors (Lipinski definition) is 3. The summed E-state index contributed by atoms with van der Waals surface area (Å²) in [5, 5.41) is 0. The molecule has 2 heterocycles. The second-order valence-corrected chi connectivity index (χ2v) is 2.46. The minimum Gasteiger partial charge on any atom is -0.364 e. The molecule has 3 nitrogen and oxygen atoms in total. The van der Waals surface area contributed by atoms with Crippen LogP contribution in [0.2, 0.25) is 0 Å². The fourth-order valence-electron chi connectivity index (χ4n) is 1.18. The van der Waals surface area contributed by atoms with Gasteiger partial charge in [0.25, 0.3) is 0 Å². The Balaban J connectivity index is 1.90. The Hall–Kier alpha value is -0.120. The second kappa shape index (κ2) is 2.25. The van der Waals surface area contributed by atoms with E-state index in [0.717, 1.165) is 26.5 Å². The van der Waals surface area contributed by atoms with E-state index in [2.05, 4.69) is 4.90 Å². The molecular weight excluding hydrogens is 118 g/mol. The molecule has 2 fully saturated rings. The summed E-state index contributed by atoms with van der Waals surface area (Å²) in [5.74, 6) is 0. The van der Waals surface area contributed by atoms with Gasteiger partial charge in [-0.1, -0.05) is 0 Å². The van der Waals surface area contributed by atoms with Crippen LogP contribution in [-0.2, 0) is 9.47 Å². The first kappa shape index (κ1) is 5.65. The van der Waals surface area contributed by atoms with Crippen LogP contribution in [0.1, 0.15) is 6.42 Å². The Morgan fingerprint density at radius 2 is 2.33 bits per heavy atom. The van der Waals surface area contributed by atoms with Crippen LogP contribution in [0.15, 0.2) is 0 Å². The Labute approximate surface area is 54.5 Å². The summed E-state index contributed by atoms with van der Waals surface area (Å²) >= 11 is 0. The van der Waals surface area contributed by atoms with Crippen molar-refractivity contribution in [3.05, 3.63) is 0 Å². The molecule has 0 bridgehead atoms. The van der Waals surface area contributed by atoms with Gasteiger partial charge in [-0.2, -0.15) is 0 Å². The van der Waals surface area contributed by atoms with Crippen LogP contribution >= 0.6 is 0 Å². The fraction of sp³-hybridized carbons (Fsp3) is 1.00. The molecule has 0 aromatic rings. The van der Waals surface area contributed by atoms with E-state index in [4.69, 9.17) is 9.47 Å². The molecule has 0 N–H and O–H groups in total. The Kier molecular flexibility index (Phi) is 1.41. The highest BCUT2D eigenvalue weighted by atomic mass is 16.6. The van der Waals surface area contributed by atoms with E-state index in [9.17, 15) is 0 Å². The summed E-state index contributed by atoms with van der Waals surface area (Å²) in [5.41, 5.74) is 0. The van der Waals surface area contributed by atoms with Gasteiger partial charge in [-0.25, -0.2) is 0 Å². The van der Waals surface area contributed by atoms with Gasteiger partial charge in [0.1, 0.15) is 13.0 Å². The Morgan fingerprint density at radius 3 is 3.11 bits per heavy atom. The lowest BCUT2D eigenvalue weighted by atomic mass is 10.2. The SMILES string of the molecule is C1CO[C@@H]2CCN2CO1. The zero-order valence-electron chi connectivity index (χ0n) is 5.38. The van der Waals surface area contributed by atoms with Gasteiger partial charge in [-0.15, -0.1) is 0 Å². The Bertz CT molecular complexity index is 95.2. The van der Waals surface area contributed by atoms with Crippen molar-refractivity contribution in [3.63, 3.8) is 0 Å². The van der Waals surface area contributed by atoms with Crippen molar-refractivity contribution in [3.8, 4) is 0 Å². The summed E-state index contributed by atoms with van der Waals surface area (Å²) < 4.78 is 10.6. The molecule has 0 aromatic heterocycles. The average molecular weight is 129 g/mol. The molecule has 9 heavy (non-hydrogen) atoms. The fourth-order valence-corrected chi connectivity index (χ4v) is 1.18. The molecule has 2 aliphatic rings. The van der Waals surface area contributed by atoms with Gasteiger partial charge >= 0.3 is 0 Å². The average Bonchev–Trinajstić information content (AvgIpc) is 1.94. The topological polar surface area (TPSA) is 21.7 Å². The normalized spacial score (nSPS) is 36.7. The van der Waals surface area contributed by atoms with Crippen LogP contribution in [0.4, 0.5) is 0 Å². The first-order chi connectivity index (χ1) is 4.47. The van der Waals surface area contributed by atoms with Crippen LogP contribution in [0, 0.1) is 0 Å². The summed E-state index contributed by atoms with van der Waals surface area (Å²) in [7, 11) is 0. The van der Waals surface area contributed by atoms with E-state index in [1.165, 1.54) is 6.42 Å². The maximum absolute atomic E-state index is 5.40. The van der Waals surface area contributed by atoms with E-state index >= 15 is 0 Å². The highest BCUT2D eigenvalue weighted by molar-refractivity contribution is 4.73. The third kappa shape index (κ3) is 0.956. The van der Waals surface area contributed by atoms with Gasteiger partial charge < -0.3 is 9.47 Å². The van der Waals surface area contributed by atoms with Crippen LogP contribution in [0.5, 0.6) is 0 Å². The third-order valence-corrected chi connectivity index (χ3v) is 1.87. The van der Waals surface area contributed by atoms with Crippen LogP contribution in [-0.4, -0.2) is 37.6 Å². The zero-order valence-corrected chi connectivity index (χ0v) is 5.38. The van der Waals surface area contributed by atoms with E-state index < -0.39 is 0 Å². The van der Waals surface area contributed by atoms with Gasteiger partial charge in [-0.05, 0) is 0 Å². The maximum Gasteiger partial charge on any atom is 0.113 e. The lowest BCUT2D eigenvalue weighted by Crippen LogP contribution is -2.48. The standard InChI is InChI=1S/C6H11NO2/c1-2-7-5-8-3-4-9-6(1)7/h6H,1-5H2/t6-/m1/s1. The molecule has 0 amide bonds. The minimum absolute atomic E-state index is 0.382. The molecule has 1 atom stereocenters. The van der Waals surface area contributed by atoms with Gasteiger partial charge in [0.2, 0.25) is 0 Å². The monoisotopic (exact) mass is 129 g/mol. The smallest absolute Gasteiger partial charge is 0.113 e. The quantitative estimate of drug-likeness (QED) is 0.460. The molecule has 0 saturated carbocycles. The highest BCUT2D eigenvalue weighted by Crippen LogP contribution is 2.19. The van der Waals surface area contributed by atoms with Crippen LogP contribution in [0.3, 0.4) is 0 Å². The van der Waals surface area contributed by atoms with Gasteiger partial charge in [-0.3, -0.25) is 4.90 Å². The van der Waals surface area contributed by atoms with Crippen molar-refractivity contribution in [2.24, 2.45) is 0 Å². The van der Waals surface area contributed by atoms with Gasteiger partial charge in [0.05, 0.1) is 13.2 Å². The summed E-state index contributed by atoms with van der Waals surface area (Å²) in [4.78, 5) is 2.20. The van der Waals surface area contributed by atoms with Gasteiger partial charge in [0, 0.05) is 13.0 Å². The summed E-state index contributed by atoms with van der Waals surface area (Å²) in [6.45, 7) is 3.43. The molecule has 0 aromatic carbocycles. The van der Waals surface area contributed by atoms with E-state index in [-0.39, 0.29) is 0 Å². The molecule has 52 valence electrons. The van der Waals surface area contributed by atoms with Gasteiger partial charge in [0.15, 0.2) is 0 Å². The van der Waals surface area contributed by atoms with Crippen LogP contribution in [0.25, 0.3) is 0 Å². The predicted octanol–water partition coefficient (Wildman–Crippen LogP) is 0.0225. The number of rotatable bonds is 0. The van der Waals surface area contributed by atoms with Crippen molar-refractivity contribution in [2.45, 2.75) is 12.6 Å². The lowest BCUT2D eigenvalue weighted by Gasteiger charge is -2.37. The molecule has 0 aliphatic carbocycles. The number of nitrogens with zero attached hydrogens (tertiary/aromatic N) is 1. The first-order valence-electron chi connectivity index (χ1n) is 3.40. The molecule has 0 unspecified atom stereocenters. The molecule has 2 aliphatic heterocycles. The number of fused-ring (bicyclic) bond motifs is 1. The largest absolute Gasteiger partial charge is 0.364 e. The molecule has 0 spiro atoms. The minimum atomic E-state index is 0.382. The number of ether oxygens (including phenoxy) is 2. The van der Waals surface area contributed by atoms with E-state index in [1.807, 2.05) is 0 Å². The summed E-state index contributed by atoms with van der Waals surface area (Å²) in [6, 6.07) is 0. The molecule has 3 heteroatoms. The van der Waals surface area contributed by atoms with Crippen LogP contribution < -0.4 is 0 Å². The lowest BCUT2D eigenvalue weighted by molar-refractivity contribution is -0.119. The zero-order chi connectivity index (χ0) is 6.10. The maximum atomic E-state index is 5.40. The molecular formula is C6H11NO2. The van der Waals surface area contributed by atoms with Crippen molar-refractivity contribution in [2.75, 3.05) is 26.5 Å². The van der Waals surface area contributed by atoms with Crippen molar-refractivity contribution in [1.29, 1.82) is 0 Å². The third-order valence-electron chi connectivity index (χ3n) is 1.87. The van der Waals surface area contributed by atoms with E-state index in [1.54, 1.807) is 0 Å². The van der Waals surface area contributed by atoms with E-state index in [0.29, 0.717) is 6.23 Å².